The molecule has 1 fully saturated rings. The Morgan fingerprint density at radius 3 is 2.74 bits per heavy atom. The number of fused-ring (bicyclic) bond motifs is 2. The molecule has 3 amide bonds. The molecule has 2 aliphatic heterocycles. The molecule has 1 aromatic carbocycles. The third-order valence-electron chi connectivity index (χ3n) is 6.29. The number of likely N-dealkylation sites (N-methyl/N-ethyl adjacent to an activating group) is 1. The molecule has 0 aromatic heterocycles. The maximum absolute atomic E-state index is 13.3. The number of ether oxygens (including phenoxy) is 2. The number of carbonyl (C=O) groups excluding carboxylic acids is 3. The lowest BCUT2D eigenvalue weighted by Crippen LogP contribution is -2.54. The van der Waals surface area contributed by atoms with E-state index < -0.39 is 0 Å². The zero-order valence-corrected chi connectivity index (χ0v) is 20.8. The van der Waals surface area contributed by atoms with Crippen LogP contribution in [0.3, 0.4) is 0 Å². The highest BCUT2D eigenvalue weighted by molar-refractivity contribution is 5.99. The summed E-state index contributed by atoms with van der Waals surface area (Å²) in [5.41, 5.74) is 1.01. The molecule has 0 radical (unpaired) electrons. The second kappa shape index (κ2) is 12.2. The Morgan fingerprint density at radius 1 is 1.21 bits per heavy atom. The van der Waals surface area contributed by atoms with Crippen LogP contribution in [0.25, 0.3) is 0 Å². The topological polar surface area (TPSA) is 100 Å². The summed E-state index contributed by atoms with van der Waals surface area (Å²) in [5, 5.41) is 5.80. The number of anilines is 1. The van der Waals surface area contributed by atoms with Crippen LogP contribution in [-0.4, -0.2) is 86.6 Å². The average Bonchev–Trinajstić information content (AvgIpc) is 2.79. The average molecular weight is 475 g/mol. The van der Waals surface area contributed by atoms with Crippen molar-refractivity contribution in [1.82, 2.24) is 15.1 Å². The molecule has 34 heavy (non-hydrogen) atoms. The van der Waals surface area contributed by atoms with Gasteiger partial charge in [-0.05, 0) is 64.5 Å². The van der Waals surface area contributed by atoms with E-state index in [1.165, 1.54) is 0 Å². The quantitative estimate of drug-likeness (QED) is 0.533. The molecule has 2 N–H and O–H groups in total. The first kappa shape index (κ1) is 26.0. The van der Waals surface area contributed by atoms with Crippen molar-refractivity contribution in [2.45, 2.75) is 63.7 Å². The molecule has 3 atom stereocenters. The number of amides is 3. The van der Waals surface area contributed by atoms with Crippen LogP contribution < -0.4 is 15.4 Å². The highest BCUT2D eigenvalue weighted by atomic mass is 16.5. The molecule has 0 saturated carbocycles. The Bertz CT molecular complexity index is 875. The van der Waals surface area contributed by atoms with Gasteiger partial charge in [-0.3, -0.25) is 14.4 Å². The molecule has 2 heterocycles. The SMILES string of the molecule is CCCC(=O)Nc1ccc2c(c1)C(=O)N(C)[C@@H]1CC[C@H](CC(=O)NCCCN(C)C)O[C@H]1CO2. The van der Waals surface area contributed by atoms with E-state index in [1.54, 1.807) is 30.1 Å². The monoisotopic (exact) mass is 474 g/mol. The lowest BCUT2D eigenvalue weighted by molar-refractivity contribution is -0.134. The van der Waals surface area contributed by atoms with Crippen molar-refractivity contribution in [3.05, 3.63) is 23.8 Å². The Morgan fingerprint density at radius 2 is 2.00 bits per heavy atom. The van der Waals surface area contributed by atoms with E-state index in [1.807, 2.05) is 21.0 Å². The van der Waals surface area contributed by atoms with Crippen molar-refractivity contribution in [1.29, 1.82) is 0 Å². The lowest BCUT2D eigenvalue weighted by atomic mass is 9.94. The third-order valence-corrected chi connectivity index (χ3v) is 6.29. The molecule has 188 valence electrons. The fraction of sp³-hybridized carbons (Fsp3) is 0.640. The standard InChI is InChI=1S/C25H38N4O5/c1-5-7-23(30)27-17-8-11-21-19(14-17)25(32)29(4)20-10-9-18(34-22(20)16-33-21)15-24(31)26-12-6-13-28(2)3/h8,11,14,18,20,22H,5-7,9-10,12-13,15-16H2,1-4H3,(H,26,31)(H,27,30)/t18-,20-,22+/m1/s1. The molecule has 0 unspecified atom stereocenters. The molecule has 9 heteroatoms. The van der Waals surface area contributed by atoms with Gasteiger partial charge >= 0.3 is 0 Å². The first-order valence-corrected chi connectivity index (χ1v) is 12.2. The van der Waals surface area contributed by atoms with E-state index in [0.717, 1.165) is 25.8 Å². The molecule has 2 aliphatic rings. The van der Waals surface area contributed by atoms with Gasteiger partial charge in [0.05, 0.1) is 24.1 Å². The van der Waals surface area contributed by atoms with Crippen molar-refractivity contribution in [3.63, 3.8) is 0 Å². The predicted molar refractivity (Wildman–Crippen MR) is 130 cm³/mol. The summed E-state index contributed by atoms with van der Waals surface area (Å²) in [6, 6.07) is 4.99. The van der Waals surface area contributed by atoms with Crippen LogP contribution in [0, 0.1) is 0 Å². The van der Waals surface area contributed by atoms with E-state index in [-0.39, 0.29) is 42.6 Å². The zero-order chi connectivity index (χ0) is 24.7. The Hall–Kier alpha value is -2.65. The summed E-state index contributed by atoms with van der Waals surface area (Å²) in [4.78, 5) is 41.4. The van der Waals surface area contributed by atoms with Crippen molar-refractivity contribution in [2.24, 2.45) is 0 Å². The molecular weight excluding hydrogens is 436 g/mol. The molecule has 0 bridgehead atoms. The van der Waals surface area contributed by atoms with E-state index in [0.29, 0.717) is 42.8 Å². The first-order chi connectivity index (χ1) is 16.3. The number of carbonyl (C=O) groups is 3. The van der Waals surface area contributed by atoms with Gasteiger partial charge in [-0.25, -0.2) is 0 Å². The van der Waals surface area contributed by atoms with Gasteiger partial charge in [-0.2, -0.15) is 0 Å². The van der Waals surface area contributed by atoms with Crippen molar-refractivity contribution in [2.75, 3.05) is 46.2 Å². The van der Waals surface area contributed by atoms with Crippen LogP contribution in [0.4, 0.5) is 5.69 Å². The summed E-state index contributed by atoms with van der Waals surface area (Å²) >= 11 is 0. The molecular formula is C25H38N4O5. The summed E-state index contributed by atoms with van der Waals surface area (Å²) in [5.74, 6) is 0.204. The largest absolute Gasteiger partial charge is 0.490 e. The molecule has 0 spiro atoms. The Kier molecular flexibility index (Phi) is 9.29. The summed E-state index contributed by atoms with van der Waals surface area (Å²) in [7, 11) is 5.80. The first-order valence-electron chi connectivity index (χ1n) is 12.2. The van der Waals surface area contributed by atoms with E-state index in [4.69, 9.17) is 9.47 Å². The van der Waals surface area contributed by atoms with Gasteiger partial charge in [0.15, 0.2) is 0 Å². The molecule has 9 nitrogen and oxygen atoms in total. The van der Waals surface area contributed by atoms with Crippen LogP contribution in [0.2, 0.25) is 0 Å². The van der Waals surface area contributed by atoms with Crippen LogP contribution in [0.5, 0.6) is 5.75 Å². The number of nitrogens with one attached hydrogen (secondary N) is 2. The molecule has 1 saturated heterocycles. The van der Waals surface area contributed by atoms with Gasteiger partial charge in [-0.1, -0.05) is 6.92 Å². The predicted octanol–water partition coefficient (Wildman–Crippen LogP) is 2.26. The van der Waals surface area contributed by atoms with Crippen LogP contribution in [-0.2, 0) is 14.3 Å². The fourth-order valence-electron chi connectivity index (χ4n) is 4.46. The molecule has 1 aromatic rings. The van der Waals surface area contributed by atoms with Crippen LogP contribution in [0.1, 0.15) is 55.8 Å². The second-order valence-corrected chi connectivity index (χ2v) is 9.39. The van der Waals surface area contributed by atoms with Gasteiger partial charge in [-0.15, -0.1) is 0 Å². The zero-order valence-electron chi connectivity index (χ0n) is 20.8. The van der Waals surface area contributed by atoms with Crippen molar-refractivity contribution < 1.29 is 23.9 Å². The number of benzene rings is 1. The minimum absolute atomic E-state index is 0.0126. The maximum Gasteiger partial charge on any atom is 0.257 e. The third kappa shape index (κ3) is 6.93. The van der Waals surface area contributed by atoms with Crippen molar-refractivity contribution >= 4 is 23.4 Å². The number of hydrogen-bond acceptors (Lipinski definition) is 6. The van der Waals surface area contributed by atoms with E-state index >= 15 is 0 Å². The van der Waals surface area contributed by atoms with Gasteiger partial charge in [0.2, 0.25) is 11.8 Å². The molecule has 3 rings (SSSR count). The fourth-order valence-corrected chi connectivity index (χ4v) is 4.46. The lowest BCUT2D eigenvalue weighted by Gasteiger charge is -2.42. The van der Waals surface area contributed by atoms with Gasteiger partial charge in [0.25, 0.3) is 5.91 Å². The minimum atomic E-state index is -0.314. The van der Waals surface area contributed by atoms with E-state index in [9.17, 15) is 14.4 Å². The normalized spacial score (nSPS) is 22.2. The smallest absolute Gasteiger partial charge is 0.257 e. The minimum Gasteiger partial charge on any atom is -0.490 e. The number of hydrogen-bond donors (Lipinski definition) is 2. The summed E-state index contributed by atoms with van der Waals surface area (Å²) in [6.07, 6.45) is 3.31. The number of nitrogens with zero attached hydrogens (tertiary/aromatic N) is 2. The maximum atomic E-state index is 13.3. The van der Waals surface area contributed by atoms with Crippen LogP contribution in [0.15, 0.2) is 18.2 Å². The Labute approximate surface area is 202 Å². The second-order valence-electron chi connectivity index (χ2n) is 9.39. The van der Waals surface area contributed by atoms with E-state index in [2.05, 4.69) is 15.5 Å². The Balaban J connectivity index is 1.61. The number of rotatable bonds is 9. The van der Waals surface area contributed by atoms with Gasteiger partial charge in [0, 0.05) is 25.7 Å². The molecule has 0 aliphatic carbocycles. The highest BCUT2D eigenvalue weighted by Crippen LogP contribution is 2.32. The van der Waals surface area contributed by atoms with Crippen LogP contribution >= 0.6 is 0 Å². The van der Waals surface area contributed by atoms with Crippen molar-refractivity contribution in [3.8, 4) is 5.75 Å². The van der Waals surface area contributed by atoms with Gasteiger partial charge < -0.3 is 29.9 Å². The van der Waals surface area contributed by atoms with Gasteiger partial charge in [0.1, 0.15) is 18.5 Å². The highest BCUT2D eigenvalue weighted by Gasteiger charge is 2.39. The summed E-state index contributed by atoms with van der Waals surface area (Å²) < 4.78 is 12.2. The summed E-state index contributed by atoms with van der Waals surface area (Å²) in [6.45, 7) is 3.81.